The maximum absolute atomic E-state index is 12.0. The van der Waals surface area contributed by atoms with Crippen LogP contribution in [0.1, 0.15) is 48.6 Å². The smallest absolute Gasteiger partial charge is 0.211 e. The molecule has 0 spiro atoms. The van der Waals surface area contributed by atoms with E-state index in [1.165, 1.54) is 10.4 Å². The molecule has 0 aliphatic heterocycles. The zero-order valence-corrected chi connectivity index (χ0v) is 13.4. The van der Waals surface area contributed by atoms with Crippen LogP contribution in [0, 0.1) is 18.3 Å². The van der Waals surface area contributed by atoms with Crippen LogP contribution in [0.25, 0.3) is 0 Å². The number of nitrogens with one attached hydrogen (secondary N) is 1. The molecule has 0 aliphatic carbocycles. The summed E-state index contributed by atoms with van der Waals surface area (Å²) in [5.74, 6) is 0. The van der Waals surface area contributed by atoms with Crippen LogP contribution in [-0.4, -0.2) is 13.7 Å². The van der Waals surface area contributed by atoms with Gasteiger partial charge in [-0.25, -0.2) is 13.1 Å². The van der Waals surface area contributed by atoms with Gasteiger partial charge < -0.3 is 0 Å². The van der Waals surface area contributed by atoms with Gasteiger partial charge in [0, 0.05) is 9.75 Å². The average molecular weight is 300 g/mol. The summed E-state index contributed by atoms with van der Waals surface area (Å²) in [5, 5.41) is 7.88. The molecule has 1 N–H and O–H groups in total. The summed E-state index contributed by atoms with van der Waals surface area (Å²) < 4.78 is 26.6. The topological polar surface area (TPSA) is 70.0 Å². The van der Waals surface area contributed by atoms with Crippen molar-refractivity contribution >= 4 is 21.4 Å². The summed E-state index contributed by atoms with van der Waals surface area (Å²) in [4.78, 5) is 2.26. The zero-order valence-electron chi connectivity index (χ0n) is 11.7. The summed E-state index contributed by atoms with van der Waals surface area (Å²) in [6, 6.07) is 3.55. The van der Waals surface area contributed by atoms with Gasteiger partial charge in [0.25, 0.3) is 0 Å². The maximum Gasteiger partial charge on any atom is 0.228 e. The first-order valence-electron chi connectivity index (χ1n) is 6.35. The Labute approximate surface area is 119 Å². The van der Waals surface area contributed by atoms with E-state index >= 15 is 0 Å². The van der Waals surface area contributed by atoms with Crippen molar-refractivity contribution in [1.29, 1.82) is 5.26 Å². The Kier molecular flexibility index (Phi) is 5.53. The Morgan fingerprint density at radius 1 is 1.47 bits per heavy atom. The lowest BCUT2D eigenvalue weighted by atomic mass is 10.2. The third-order valence-corrected chi connectivity index (χ3v) is 6.45. The first kappa shape index (κ1) is 16.2. The molecular weight excluding hydrogens is 280 g/mol. The van der Waals surface area contributed by atoms with Crippen LogP contribution < -0.4 is 4.72 Å². The molecule has 1 aromatic rings. The predicted molar refractivity (Wildman–Crippen MR) is 78.6 cm³/mol. The van der Waals surface area contributed by atoms with E-state index in [0.29, 0.717) is 6.42 Å². The molecule has 4 nitrogen and oxygen atoms in total. The monoisotopic (exact) mass is 300 g/mol. The van der Waals surface area contributed by atoms with E-state index in [1.54, 1.807) is 18.3 Å². The lowest BCUT2D eigenvalue weighted by Crippen LogP contribution is -2.34. The minimum atomic E-state index is -3.58. The van der Waals surface area contributed by atoms with E-state index in [-0.39, 0.29) is 6.04 Å². The molecule has 0 amide bonds. The molecule has 0 fully saturated rings. The van der Waals surface area contributed by atoms with Gasteiger partial charge in [-0.3, -0.25) is 0 Å². The molecule has 0 saturated carbocycles. The second-order valence-corrected chi connectivity index (χ2v) is 7.58. The van der Waals surface area contributed by atoms with E-state index in [4.69, 9.17) is 5.26 Å². The van der Waals surface area contributed by atoms with Crippen molar-refractivity contribution in [3.8, 4) is 6.07 Å². The lowest BCUT2D eigenvalue weighted by molar-refractivity contribution is 0.560. The van der Waals surface area contributed by atoms with E-state index < -0.39 is 15.3 Å². The molecule has 1 heterocycles. The number of hydrogen-bond acceptors (Lipinski definition) is 4. The van der Waals surface area contributed by atoms with Gasteiger partial charge in [0.1, 0.15) is 0 Å². The Morgan fingerprint density at radius 2 is 2.11 bits per heavy atom. The van der Waals surface area contributed by atoms with Crippen molar-refractivity contribution in [3.63, 3.8) is 0 Å². The number of hydrogen-bond donors (Lipinski definition) is 1. The molecule has 1 aromatic heterocycles. The van der Waals surface area contributed by atoms with Gasteiger partial charge in [-0.1, -0.05) is 13.8 Å². The lowest BCUT2D eigenvalue weighted by Gasteiger charge is -2.15. The van der Waals surface area contributed by atoms with Crippen LogP contribution in [0.4, 0.5) is 0 Å². The molecule has 2 atom stereocenters. The van der Waals surface area contributed by atoms with E-state index in [1.807, 2.05) is 26.0 Å². The summed E-state index contributed by atoms with van der Waals surface area (Å²) in [6.07, 6.45) is 1.24. The van der Waals surface area contributed by atoms with Crippen molar-refractivity contribution in [3.05, 3.63) is 21.4 Å². The highest BCUT2D eigenvalue weighted by atomic mass is 32.2. The van der Waals surface area contributed by atoms with Gasteiger partial charge in [-0.05, 0) is 38.3 Å². The number of rotatable bonds is 6. The summed E-state index contributed by atoms with van der Waals surface area (Å²) in [5.41, 5.74) is 1.20. The first-order chi connectivity index (χ1) is 8.85. The number of aryl methyl sites for hydroxylation is 2. The second kappa shape index (κ2) is 6.51. The number of nitrogens with zero attached hydrogens (tertiary/aromatic N) is 1. The normalized spacial score (nSPS) is 14.9. The molecule has 0 aliphatic rings. The quantitative estimate of drug-likeness (QED) is 0.878. The molecule has 0 unspecified atom stereocenters. The fraction of sp³-hybridized carbons (Fsp3) is 0.615. The van der Waals surface area contributed by atoms with Crippen LogP contribution in [0.2, 0.25) is 0 Å². The van der Waals surface area contributed by atoms with Crippen LogP contribution in [-0.2, 0) is 16.4 Å². The molecule has 0 aromatic carbocycles. The fourth-order valence-electron chi connectivity index (χ4n) is 1.88. The predicted octanol–water partition coefficient (Wildman–Crippen LogP) is 2.90. The average Bonchev–Trinajstić information content (AvgIpc) is 2.71. The summed E-state index contributed by atoms with van der Waals surface area (Å²) in [6.45, 7) is 7.62. The highest BCUT2D eigenvalue weighted by molar-refractivity contribution is 7.90. The highest BCUT2D eigenvalue weighted by Crippen LogP contribution is 2.28. The van der Waals surface area contributed by atoms with Crippen molar-refractivity contribution in [2.75, 3.05) is 0 Å². The standard InChI is InChI=1S/C13H20N2O2S2/c1-5-11(8-14)19(16,17)15-10(4)13-7-9(3)12(6-2)18-13/h7,10-11,15H,5-6H2,1-4H3/t10-,11+/m1/s1. The van der Waals surface area contributed by atoms with Gasteiger partial charge in [0.2, 0.25) is 10.0 Å². The summed E-state index contributed by atoms with van der Waals surface area (Å²) >= 11 is 1.63. The van der Waals surface area contributed by atoms with Crippen LogP contribution in [0.3, 0.4) is 0 Å². The largest absolute Gasteiger partial charge is 0.228 e. The molecule has 19 heavy (non-hydrogen) atoms. The van der Waals surface area contributed by atoms with E-state index in [0.717, 1.165) is 11.3 Å². The Morgan fingerprint density at radius 3 is 2.53 bits per heavy atom. The highest BCUT2D eigenvalue weighted by Gasteiger charge is 2.26. The third-order valence-electron chi connectivity index (χ3n) is 3.02. The minimum absolute atomic E-state index is 0.294. The van der Waals surface area contributed by atoms with Crippen molar-refractivity contribution in [1.82, 2.24) is 4.72 Å². The summed E-state index contributed by atoms with van der Waals surface area (Å²) in [7, 11) is -3.58. The Bertz CT molecular complexity index is 570. The number of sulfonamides is 1. The molecule has 0 radical (unpaired) electrons. The van der Waals surface area contributed by atoms with Crippen molar-refractivity contribution < 1.29 is 8.42 Å². The van der Waals surface area contributed by atoms with Crippen LogP contribution in [0.5, 0.6) is 0 Å². The SMILES string of the molecule is CCc1sc([C@@H](C)NS(=O)(=O)[C@H](C#N)CC)cc1C. The molecular formula is C13H20N2O2S2. The molecule has 6 heteroatoms. The van der Waals surface area contributed by atoms with Gasteiger partial charge in [-0.2, -0.15) is 5.26 Å². The molecule has 1 rings (SSSR count). The van der Waals surface area contributed by atoms with Crippen LogP contribution >= 0.6 is 11.3 Å². The molecule has 0 saturated heterocycles. The van der Waals surface area contributed by atoms with Gasteiger partial charge >= 0.3 is 0 Å². The third kappa shape index (κ3) is 3.78. The van der Waals surface area contributed by atoms with E-state index in [2.05, 4.69) is 11.6 Å². The molecule has 106 valence electrons. The van der Waals surface area contributed by atoms with Gasteiger partial charge in [0.05, 0.1) is 12.1 Å². The van der Waals surface area contributed by atoms with Crippen molar-refractivity contribution in [2.24, 2.45) is 0 Å². The first-order valence-corrected chi connectivity index (χ1v) is 8.71. The van der Waals surface area contributed by atoms with Crippen molar-refractivity contribution in [2.45, 2.75) is 51.8 Å². The van der Waals surface area contributed by atoms with Crippen LogP contribution in [0.15, 0.2) is 6.07 Å². The Hall–Kier alpha value is -0.900. The fourth-order valence-corrected chi connectivity index (χ4v) is 4.43. The number of nitriles is 1. The zero-order chi connectivity index (χ0) is 14.6. The molecule has 0 bridgehead atoms. The van der Waals surface area contributed by atoms with Gasteiger partial charge in [-0.15, -0.1) is 11.3 Å². The minimum Gasteiger partial charge on any atom is -0.211 e. The Balaban J connectivity index is 2.90. The second-order valence-electron chi connectivity index (χ2n) is 4.52. The van der Waals surface area contributed by atoms with Gasteiger partial charge in [0.15, 0.2) is 5.25 Å². The maximum atomic E-state index is 12.0. The van der Waals surface area contributed by atoms with E-state index in [9.17, 15) is 8.42 Å². The number of thiophene rings is 1.